The molecule has 0 amide bonds. The molecule has 3 atom stereocenters. The number of allylic oxidation sites excluding steroid dienone is 3. The zero-order chi connectivity index (χ0) is 34.6. The number of benzene rings is 1. The van der Waals surface area contributed by atoms with Crippen LogP contribution in [0.2, 0.25) is 5.02 Å². The molecule has 0 radical (unpaired) electrons. The standard InChI is InChI=1S/C30H42Cl2N7O5P.C2H4/c1-6-7-8-25(32)20(2)16-42-29(40)30(13-14-30)37-45(44-23-11-9-22(31)10-12-23)43-17-24(41-5)15-21(3)39-19-36-26-27(38(4)33)34-18-35-28(26)39;1-2/h7-12,18,21,24,36-37H,6,13-17,19,33H2,1-5H3;1-2H2/b8-7-,25-20-;. The molecule has 1 fully saturated rings. The van der Waals surface area contributed by atoms with Crippen LogP contribution in [-0.4, -0.2) is 67.7 Å². The van der Waals surface area contributed by atoms with E-state index in [-0.39, 0.29) is 31.3 Å². The third kappa shape index (κ3) is 10.8. The quantitative estimate of drug-likeness (QED) is 0.0403. The first-order valence-electron chi connectivity index (χ1n) is 15.3. The van der Waals surface area contributed by atoms with E-state index in [1.165, 1.54) is 11.3 Å². The number of nitrogens with two attached hydrogens (primary N) is 1. The van der Waals surface area contributed by atoms with Gasteiger partial charge in [0.15, 0.2) is 11.6 Å². The molecule has 1 saturated carbocycles. The Morgan fingerprint density at radius 2 is 2.00 bits per heavy atom. The monoisotopic (exact) mass is 709 g/mol. The van der Waals surface area contributed by atoms with Gasteiger partial charge in [0, 0.05) is 30.3 Å². The molecule has 2 aromatic rings. The van der Waals surface area contributed by atoms with Gasteiger partial charge in [-0.05, 0) is 75.4 Å². The summed E-state index contributed by atoms with van der Waals surface area (Å²) in [5, 5.41) is 9.26. The number of halogens is 2. The number of ether oxygens (including phenoxy) is 2. The van der Waals surface area contributed by atoms with Crippen molar-refractivity contribution in [2.24, 2.45) is 5.84 Å². The van der Waals surface area contributed by atoms with E-state index >= 15 is 0 Å². The lowest BCUT2D eigenvalue weighted by Gasteiger charge is -2.29. The summed E-state index contributed by atoms with van der Waals surface area (Å²) in [4.78, 5) is 24.1. The van der Waals surface area contributed by atoms with Crippen LogP contribution in [0.25, 0.3) is 0 Å². The summed E-state index contributed by atoms with van der Waals surface area (Å²) in [6.07, 6.45) is 7.68. The molecule has 2 aliphatic rings. The molecule has 2 heterocycles. The smallest absolute Gasteiger partial charge is 0.327 e. The van der Waals surface area contributed by atoms with Crippen LogP contribution in [-0.2, 0) is 18.8 Å². The molecule has 4 N–H and O–H groups in total. The van der Waals surface area contributed by atoms with Gasteiger partial charge < -0.3 is 28.7 Å². The molecule has 0 bridgehead atoms. The van der Waals surface area contributed by atoms with Crippen molar-refractivity contribution in [3.05, 3.63) is 71.5 Å². The van der Waals surface area contributed by atoms with Gasteiger partial charge in [-0.15, -0.1) is 13.2 Å². The Labute approximate surface area is 289 Å². The summed E-state index contributed by atoms with van der Waals surface area (Å²) in [6.45, 7) is 12.8. The Morgan fingerprint density at radius 3 is 2.62 bits per heavy atom. The van der Waals surface area contributed by atoms with E-state index in [1.54, 1.807) is 38.4 Å². The minimum Gasteiger partial charge on any atom is -0.460 e. The first kappa shape index (κ1) is 38.5. The van der Waals surface area contributed by atoms with Crippen LogP contribution in [0.3, 0.4) is 0 Å². The second-order valence-corrected chi connectivity index (χ2v) is 13.1. The molecule has 1 aromatic carbocycles. The van der Waals surface area contributed by atoms with Crippen molar-refractivity contribution < 1.29 is 23.3 Å². The summed E-state index contributed by atoms with van der Waals surface area (Å²) < 4.78 is 24.0. The number of carbonyl (C=O) groups excluding carboxylic acids is 1. The van der Waals surface area contributed by atoms with Crippen LogP contribution in [0.15, 0.2) is 66.5 Å². The largest absolute Gasteiger partial charge is 0.460 e. The number of fused-ring (bicyclic) bond motifs is 1. The highest BCUT2D eigenvalue weighted by Crippen LogP contribution is 2.47. The number of hydrazine groups is 1. The van der Waals surface area contributed by atoms with Gasteiger partial charge in [0.1, 0.15) is 29.9 Å². The third-order valence-corrected chi connectivity index (χ3v) is 9.53. The first-order valence-corrected chi connectivity index (χ1v) is 17.2. The summed E-state index contributed by atoms with van der Waals surface area (Å²) in [5.41, 5.74) is 0.654. The lowest BCUT2D eigenvalue weighted by Crippen LogP contribution is -2.40. The molecule has 0 spiro atoms. The molecule has 0 saturated heterocycles. The number of hydrogen-bond acceptors (Lipinski definition) is 12. The highest BCUT2D eigenvalue weighted by molar-refractivity contribution is 7.45. The average Bonchev–Trinajstić information content (AvgIpc) is 3.73. The zero-order valence-corrected chi connectivity index (χ0v) is 30.1. The Bertz CT molecular complexity index is 1380. The minimum absolute atomic E-state index is 0.0366. The van der Waals surface area contributed by atoms with Gasteiger partial charge in [-0.1, -0.05) is 36.2 Å². The number of carbonyl (C=O) groups is 1. The predicted octanol–water partition coefficient (Wildman–Crippen LogP) is 6.69. The lowest BCUT2D eigenvalue weighted by atomic mass is 10.1. The van der Waals surface area contributed by atoms with Crippen LogP contribution < -0.4 is 30.7 Å². The van der Waals surface area contributed by atoms with Gasteiger partial charge in [0.25, 0.3) is 0 Å². The second-order valence-electron chi connectivity index (χ2n) is 11.1. The van der Waals surface area contributed by atoms with Crippen molar-refractivity contribution in [3.8, 4) is 5.75 Å². The highest BCUT2D eigenvalue weighted by Gasteiger charge is 2.54. The third-order valence-electron chi connectivity index (χ3n) is 7.46. The van der Waals surface area contributed by atoms with Crippen LogP contribution in [0.5, 0.6) is 5.75 Å². The van der Waals surface area contributed by atoms with E-state index in [0.717, 1.165) is 23.5 Å². The normalized spacial score (nSPS) is 17.0. The zero-order valence-electron chi connectivity index (χ0n) is 27.7. The van der Waals surface area contributed by atoms with Crippen LogP contribution >= 0.6 is 31.7 Å². The fourth-order valence-corrected chi connectivity index (χ4v) is 6.30. The van der Waals surface area contributed by atoms with Crippen molar-refractivity contribution in [1.29, 1.82) is 0 Å². The highest BCUT2D eigenvalue weighted by atomic mass is 35.5. The van der Waals surface area contributed by atoms with E-state index < -0.39 is 14.1 Å². The van der Waals surface area contributed by atoms with Crippen molar-refractivity contribution in [3.63, 3.8) is 0 Å². The second kappa shape index (κ2) is 18.5. The molecule has 4 rings (SSSR count). The maximum absolute atomic E-state index is 13.2. The number of nitrogens with zero attached hydrogens (tertiary/aromatic N) is 4. The number of nitrogens with one attached hydrogen (secondary N) is 2. The average molecular weight is 711 g/mol. The maximum atomic E-state index is 13.2. The fourth-order valence-electron chi connectivity index (χ4n) is 4.58. The van der Waals surface area contributed by atoms with Crippen molar-refractivity contribution >= 4 is 55.0 Å². The number of aromatic nitrogens is 2. The van der Waals surface area contributed by atoms with E-state index in [0.29, 0.717) is 47.6 Å². The predicted molar refractivity (Wildman–Crippen MR) is 191 cm³/mol. The molecule has 47 heavy (non-hydrogen) atoms. The SMILES string of the molecule is C=C.CC/C=C\C(Cl)=C(/C)COC(=O)C1(NP(OCC(CC(C)N2CNc3c(N(C)N)ncnc32)OC)Oc2ccc(Cl)cc2)CC1. The molecule has 1 aliphatic heterocycles. The Hall–Kier alpha value is -2.96. The Morgan fingerprint density at radius 1 is 1.30 bits per heavy atom. The molecule has 258 valence electrons. The van der Waals surface area contributed by atoms with Crippen molar-refractivity contribution in [2.75, 3.05) is 49.3 Å². The van der Waals surface area contributed by atoms with Gasteiger partial charge in [0.2, 0.25) is 0 Å². The van der Waals surface area contributed by atoms with E-state index in [1.807, 2.05) is 26.0 Å². The fraction of sp³-hybridized carbons (Fsp3) is 0.469. The Kier molecular flexibility index (Phi) is 15.2. The number of hydrogen-bond donors (Lipinski definition) is 3. The lowest BCUT2D eigenvalue weighted by molar-refractivity contribution is -0.146. The molecule has 1 aromatic heterocycles. The summed E-state index contributed by atoms with van der Waals surface area (Å²) in [6, 6.07) is 7.01. The van der Waals surface area contributed by atoms with Crippen LogP contribution in [0, 0.1) is 0 Å². The summed E-state index contributed by atoms with van der Waals surface area (Å²) >= 11 is 12.4. The summed E-state index contributed by atoms with van der Waals surface area (Å²) in [7, 11) is 1.61. The van der Waals surface area contributed by atoms with Gasteiger partial charge in [-0.25, -0.2) is 20.9 Å². The van der Waals surface area contributed by atoms with Gasteiger partial charge >= 0.3 is 14.5 Å². The number of rotatable bonds is 17. The van der Waals surface area contributed by atoms with E-state index in [4.69, 9.17) is 47.6 Å². The maximum Gasteiger partial charge on any atom is 0.327 e. The number of methoxy groups -OCH3 is 1. The molecular weight excluding hydrogens is 664 g/mol. The Balaban J connectivity index is 0.00000294. The minimum atomic E-state index is -1.77. The van der Waals surface area contributed by atoms with Crippen molar-refractivity contribution in [1.82, 2.24) is 15.1 Å². The van der Waals surface area contributed by atoms with Gasteiger partial charge in [0.05, 0.1) is 19.4 Å². The molecule has 1 aliphatic carbocycles. The van der Waals surface area contributed by atoms with E-state index in [2.05, 4.69) is 45.4 Å². The molecular formula is C32H46Cl2N7O5P. The van der Waals surface area contributed by atoms with Gasteiger partial charge in [-0.2, -0.15) is 0 Å². The first-order chi connectivity index (χ1) is 22.6. The topological polar surface area (TPSA) is 136 Å². The van der Waals surface area contributed by atoms with Crippen LogP contribution in [0.4, 0.5) is 17.3 Å². The van der Waals surface area contributed by atoms with Crippen LogP contribution in [0.1, 0.15) is 46.5 Å². The number of esters is 1. The van der Waals surface area contributed by atoms with E-state index in [9.17, 15) is 4.79 Å². The number of anilines is 3. The molecule has 3 unspecified atom stereocenters. The molecule has 12 nitrogen and oxygen atoms in total. The van der Waals surface area contributed by atoms with Gasteiger partial charge in [-0.3, -0.25) is 9.80 Å². The summed E-state index contributed by atoms with van der Waals surface area (Å²) in [5.74, 6) is 7.53. The van der Waals surface area contributed by atoms with Crippen molar-refractivity contribution in [2.45, 2.75) is 64.1 Å². The molecule has 15 heteroatoms.